The van der Waals surface area contributed by atoms with Crippen LogP contribution < -0.4 is 5.32 Å². The summed E-state index contributed by atoms with van der Waals surface area (Å²) < 4.78 is 0. The van der Waals surface area contributed by atoms with Gasteiger partial charge in [-0.2, -0.15) is 10.5 Å². The van der Waals surface area contributed by atoms with Gasteiger partial charge in [-0.25, -0.2) is 14.8 Å². The molecule has 0 bridgehead atoms. The summed E-state index contributed by atoms with van der Waals surface area (Å²) in [5.74, 6) is -1.61. The number of carbonyl (C=O) groups excluding carboxylic acids is 1. The van der Waals surface area contributed by atoms with Gasteiger partial charge in [0.25, 0.3) is 5.91 Å². The number of carboxylic acid groups (broad SMARTS) is 1. The number of nitriles is 2. The third kappa shape index (κ3) is 8.25. The predicted octanol–water partition coefficient (Wildman–Crippen LogP) is 3.95. The van der Waals surface area contributed by atoms with Crippen molar-refractivity contribution in [2.45, 2.75) is 52.5 Å². The number of benzene rings is 1. The number of β-amino-alcohol motifs (C(OH)–C–C–N with tert-alkyl or cyclic N) is 1. The van der Waals surface area contributed by atoms with Gasteiger partial charge in [0.2, 0.25) is 5.82 Å². The van der Waals surface area contributed by atoms with E-state index in [0.29, 0.717) is 0 Å². The van der Waals surface area contributed by atoms with Gasteiger partial charge < -0.3 is 25.5 Å². The number of aliphatic hydroxyl groups is 1. The number of aromatic nitrogens is 4. The van der Waals surface area contributed by atoms with Gasteiger partial charge in [-0.15, -0.1) is 0 Å². The molecule has 5 rings (SSSR count). The Kier molecular flexibility index (Phi) is 10.7. The molecule has 1 saturated heterocycles. The zero-order valence-electron chi connectivity index (χ0n) is 26.7. The van der Waals surface area contributed by atoms with Crippen LogP contribution in [-0.4, -0.2) is 91.2 Å². The number of nitrogens with zero attached hydrogens (tertiary/aromatic N) is 6. The number of amides is 1. The number of hydrogen-bond acceptors (Lipinski definition) is 9. The smallest absolute Gasteiger partial charge is 0.371 e. The fourth-order valence-electron chi connectivity index (χ4n) is 5.64. The fourth-order valence-corrected chi connectivity index (χ4v) is 5.64. The number of carboxylic acids is 1. The zero-order valence-corrected chi connectivity index (χ0v) is 26.7. The summed E-state index contributed by atoms with van der Waals surface area (Å²) in [6, 6.07) is 10.0. The van der Waals surface area contributed by atoms with E-state index in [9.17, 15) is 14.7 Å². The van der Waals surface area contributed by atoms with Crippen LogP contribution in [0.5, 0.6) is 0 Å². The SMILES string of the molecule is CC1(C)CC=C(c2cc(C(C)(C)N3CCN(CCO)CC3)ccc2NC(=O)c2ncc(C#N)[nH]2)CC1.N#Cc1cnc(C(=O)O)[nH]1. The predicted molar refractivity (Wildman–Crippen MR) is 172 cm³/mol. The Bertz CT molecular complexity index is 1660. The Morgan fingerprint density at radius 3 is 2.20 bits per heavy atom. The Morgan fingerprint density at radius 2 is 1.67 bits per heavy atom. The molecule has 1 aliphatic carbocycles. The molecule has 2 aliphatic rings. The number of aromatic amines is 2. The van der Waals surface area contributed by atoms with Crippen molar-refractivity contribution in [1.29, 1.82) is 10.5 Å². The maximum atomic E-state index is 12.9. The van der Waals surface area contributed by atoms with Crippen molar-refractivity contribution in [1.82, 2.24) is 29.7 Å². The Hall–Kier alpha value is -4.82. The van der Waals surface area contributed by atoms with E-state index >= 15 is 0 Å². The number of hydrogen-bond donors (Lipinski definition) is 5. The van der Waals surface area contributed by atoms with Crippen molar-refractivity contribution in [3.8, 4) is 12.1 Å². The van der Waals surface area contributed by atoms with E-state index in [2.05, 4.69) is 81.0 Å². The standard InChI is InChI=1S/C28H38N6O2.C5H3N3O2/c1-27(2)9-7-20(8-10-27)23-17-21(28(3,4)34-13-11-33(12-14-34)15-16-35)5-6-24(23)32-26(36)25-30-19-22(18-29)31-25;6-1-3-2-7-4(8-3)5(9)10/h5-7,17,19,35H,8-16H2,1-4H3,(H,30,31)(H,32,36);2H,(H,7,8)(H,9,10). The molecule has 2 aromatic heterocycles. The van der Waals surface area contributed by atoms with Crippen LogP contribution in [0, 0.1) is 28.1 Å². The van der Waals surface area contributed by atoms with Crippen LogP contribution >= 0.6 is 0 Å². The summed E-state index contributed by atoms with van der Waals surface area (Å²) in [5, 5.41) is 37.9. The van der Waals surface area contributed by atoms with Gasteiger partial charge in [-0.05, 0) is 61.8 Å². The number of rotatable bonds is 8. The van der Waals surface area contributed by atoms with Crippen LogP contribution in [0.3, 0.4) is 0 Å². The van der Waals surface area contributed by atoms with Gasteiger partial charge >= 0.3 is 5.97 Å². The van der Waals surface area contributed by atoms with Gasteiger partial charge in [-0.3, -0.25) is 14.6 Å². The number of imidazole rings is 2. The van der Waals surface area contributed by atoms with Crippen LogP contribution in [0.2, 0.25) is 0 Å². The quantitative estimate of drug-likeness (QED) is 0.244. The maximum Gasteiger partial charge on any atom is 0.371 e. The van der Waals surface area contributed by atoms with E-state index in [1.165, 1.54) is 23.5 Å². The number of anilines is 1. The molecule has 13 heteroatoms. The van der Waals surface area contributed by atoms with Crippen molar-refractivity contribution in [3.63, 3.8) is 0 Å². The lowest BCUT2D eigenvalue weighted by Crippen LogP contribution is -2.53. The third-order valence-corrected chi connectivity index (χ3v) is 8.68. The molecule has 5 N–H and O–H groups in total. The van der Waals surface area contributed by atoms with Gasteiger partial charge in [0.1, 0.15) is 23.5 Å². The lowest BCUT2D eigenvalue weighted by Gasteiger charge is -2.44. The molecule has 0 spiro atoms. The van der Waals surface area contributed by atoms with E-state index in [-0.39, 0.29) is 46.5 Å². The summed E-state index contributed by atoms with van der Waals surface area (Å²) in [6.07, 6.45) is 7.91. The van der Waals surface area contributed by atoms with Crippen molar-refractivity contribution >= 4 is 23.1 Å². The average molecular weight is 628 g/mol. The molecule has 3 aromatic rings. The number of carbonyl (C=O) groups is 2. The molecule has 1 aliphatic heterocycles. The van der Waals surface area contributed by atoms with Crippen LogP contribution in [0.25, 0.3) is 5.57 Å². The molecule has 3 heterocycles. The molecule has 1 aromatic carbocycles. The number of nitrogens with one attached hydrogen (secondary N) is 3. The van der Waals surface area contributed by atoms with Crippen LogP contribution in [0.4, 0.5) is 5.69 Å². The molecule has 242 valence electrons. The lowest BCUT2D eigenvalue weighted by molar-refractivity contribution is 0.0439. The Labute approximate surface area is 268 Å². The second-order valence-electron chi connectivity index (χ2n) is 12.7. The van der Waals surface area contributed by atoms with Crippen molar-refractivity contribution in [2.75, 3.05) is 44.6 Å². The van der Waals surface area contributed by atoms with Gasteiger partial charge in [-0.1, -0.05) is 26.0 Å². The van der Waals surface area contributed by atoms with E-state index in [1.54, 1.807) is 6.07 Å². The van der Waals surface area contributed by atoms with Gasteiger partial charge in [0, 0.05) is 49.5 Å². The number of allylic oxidation sites excluding steroid dienone is 2. The van der Waals surface area contributed by atoms with E-state index in [4.69, 9.17) is 15.6 Å². The van der Waals surface area contributed by atoms with Crippen LogP contribution in [0.1, 0.15) is 90.7 Å². The molecule has 1 fully saturated rings. The number of aromatic carboxylic acids is 1. The summed E-state index contributed by atoms with van der Waals surface area (Å²) >= 11 is 0. The maximum absolute atomic E-state index is 12.9. The number of H-pyrrole nitrogens is 2. The topological polar surface area (TPSA) is 198 Å². The molecule has 0 saturated carbocycles. The summed E-state index contributed by atoms with van der Waals surface area (Å²) in [4.78, 5) is 40.4. The number of aliphatic hydroxyl groups excluding tert-OH is 1. The van der Waals surface area contributed by atoms with E-state index in [1.807, 2.05) is 12.1 Å². The molecule has 0 unspecified atom stereocenters. The molecule has 0 atom stereocenters. The molecule has 46 heavy (non-hydrogen) atoms. The first-order valence-corrected chi connectivity index (χ1v) is 15.2. The summed E-state index contributed by atoms with van der Waals surface area (Å²) in [7, 11) is 0. The largest absolute Gasteiger partial charge is 0.475 e. The summed E-state index contributed by atoms with van der Waals surface area (Å²) in [6.45, 7) is 13.8. The van der Waals surface area contributed by atoms with Crippen molar-refractivity contribution in [2.24, 2.45) is 5.41 Å². The molecule has 1 amide bonds. The first-order valence-electron chi connectivity index (χ1n) is 15.2. The van der Waals surface area contributed by atoms with E-state index in [0.717, 1.165) is 63.2 Å². The van der Waals surface area contributed by atoms with Crippen LogP contribution in [-0.2, 0) is 5.54 Å². The minimum Gasteiger partial charge on any atom is -0.475 e. The summed E-state index contributed by atoms with van der Waals surface area (Å²) in [5.41, 5.74) is 4.78. The number of piperazine rings is 1. The first kappa shape index (κ1) is 34.1. The first-order chi connectivity index (χ1) is 21.9. The molecular weight excluding hydrogens is 586 g/mol. The van der Waals surface area contributed by atoms with E-state index < -0.39 is 5.97 Å². The van der Waals surface area contributed by atoms with Crippen molar-refractivity contribution < 1.29 is 19.8 Å². The second kappa shape index (κ2) is 14.5. The zero-order chi connectivity index (χ0) is 33.5. The molecular formula is C33H41N9O4. The Morgan fingerprint density at radius 1 is 1.04 bits per heavy atom. The second-order valence-corrected chi connectivity index (χ2v) is 12.7. The highest BCUT2D eigenvalue weighted by molar-refractivity contribution is 6.03. The minimum absolute atomic E-state index is 0.126. The molecule has 0 radical (unpaired) electrons. The highest BCUT2D eigenvalue weighted by Gasteiger charge is 2.33. The Balaban J connectivity index is 0.000000409. The molecule has 13 nitrogen and oxygen atoms in total. The normalized spacial score (nSPS) is 16.7. The lowest BCUT2D eigenvalue weighted by atomic mass is 9.76. The monoisotopic (exact) mass is 627 g/mol. The highest BCUT2D eigenvalue weighted by Crippen LogP contribution is 2.41. The fraction of sp³-hybridized carbons (Fsp3) is 0.455. The third-order valence-electron chi connectivity index (χ3n) is 8.68. The van der Waals surface area contributed by atoms with Gasteiger partial charge in [0.15, 0.2) is 5.82 Å². The highest BCUT2D eigenvalue weighted by atomic mass is 16.4. The van der Waals surface area contributed by atoms with Crippen LogP contribution in [0.15, 0.2) is 36.7 Å². The van der Waals surface area contributed by atoms with Gasteiger partial charge in [0.05, 0.1) is 19.0 Å². The van der Waals surface area contributed by atoms with Crippen molar-refractivity contribution in [3.05, 3.63) is 70.8 Å². The average Bonchev–Trinajstić information content (AvgIpc) is 3.73. The minimum atomic E-state index is -1.17.